The molecule has 4 amide bonds. The van der Waals surface area contributed by atoms with Crippen LogP contribution in [0, 0.1) is 0 Å². The third-order valence-electron chi connectivity index (χ3n) is 5.62. The van der Waals surface area contributed by atoms with Crippen LogP contribution in [-0.4, -0.2) is 29.7 Å². The van der Waals surface area contributed by atoms with Crippen LogP contribution in [0.3, 0.4) is 0 Å². The number of para-hydroxylation sites is 1. The zero-order valence-corrected chi connectivity index (χ0v) is 20.9. The van der Waals surface area contributed by atoms with Gasteiger partial charge in [0.05, 0.1) is 17.5 Å². The first-order valence-electron chi connectivity index (χ1n) is 12.0. The average Bonchev–Trinajstić information content (AvgIpc) is 3.15. The number of benzene rings is 3. The van der Waals surface area contributed by atoms with Crippen molar-refractivity contribution in [1.82, 2.24) is 0 Å². The van der Waals surface area contributed by atoms with E-state index in [4.69, 9.17) is 4.74 Å². The molecule has 3 aromatic rings. The molecule has 1 atom stereocenters. The van der Waals surface area contributed by atoms with Crippen LogP contribution in [0.25, 0.3) is 0 Å². The van der Waals surface area contributed by atoms with Gasteiger partial charge in [-0.25, -0.2) is 9.69 Å². The Balaban J connectivity index is 1.35. The van der Waals surface area contributed by atoms with E-state index in [-0.39, 0.29) is 24.3 Å². The summed E-state index contributed by atoms with van der Waals surface area (Å²) < 4.78 is 5.72. The summed E-state index contributed by atoms with van der Waals surface area (Å²) in [4.78, 5) is 40.1. The van der Waals surface area contributed by atoms with Gasteiger partial charge in [-0.15, -0.1) is 11.8 Å². The van der Waals surface area contributed by atoms with Crippen LogP contribution >= 0.6 is 11.8 Å². The number of hydrogen-bond acceptors (Lipinski definition) is 5. The van der Waals surface area contributed by atoms with E-state index in [1.165, 1.54) is 16.7 Å². The Labute approximate surface area is 215 Å². The molecule has 36 heavy (non-hydrogen) atoms. The second kappa shape index (κ2) is 12.3. The molecule has 4 rings (SSSR count). The number of ether oxygens (including phenoxy) is 1. The van der Waals surface area contributed by atoms with Crippen molar-refractivity contribution in [3.05, 3.63) is 78.9 Å². The van der Waals surface area contributed by atoms with E-state index in [0.717, 1.165) is 29.9 Å². The lowest BCUT2D eigenvalue weighted by molar-refractivity contribution is -0.121. The molecule has 0 bridgehead atoms. The van der Waals surface area contributed by atoms with Gasteiger partial charge in [-0.2, -0.15) is 0 Å². The predicted octanol–water partition coefficient (Wildman–Crippen LogP) is 6.32. The van der Waals surface area contributed by atoms with Crippen LogP contribution in [0.5, 0.6) is 5.75 Å². The van der Waals surface area contributed by atoms with Gasteiger partial charge in [-0.3, -0.25) is 9.59 Å². The van der Waals surface area contributed by atoms with Crippen LogP contribution in [-0.2, 0) is 9.59 Å². The second-order valence-corrected chi connectivity index (χ2v) is 9.68. The number of anilines is 3. The smallest absolute Gasteiger partial charge is 0.323 e. The predicted molar refractivity (Wildman–Crippen MR) is 144 cm³/mol. The molecule has 186 valence electrons. The molecular formula is C28H29N3O4S. The highest BCUT2D eigenvalue weighted by Gasteiger charge is 2.40. The van der Waals surface area contributed by atoms with Gasteiger partial charge >= 0.3 is 6.03 Å². The fourth-order valence-electron chi connectivity index (χ4n) is 3.83. The van der Waals surface area contributed by atoms with Gasteiger partial charge in [0.2, 0.25) is 11.8 Å². The number of carbonyl (C=O) groups excluding carboxylic acids is 3. The Kier molecular flexibility index (Phi) is 8.62. The number of amides is 4. The van der Waals surface area contributed by atoms with Crippen molar-refractivity contribution >= 4 is 46.7 Å². The normalized spacial score (nSPS) is 15.1. The van der Waals surface area contributed by atoms with Gasteiger partial charge < -0.3 is 15.4 Å². The van der Waals surface area contributed by atoms with Gasteiger partial charge in [0.15, 0.2) is 0 Å². The quantitative estimate of drug-likeness (QED) is 0.250. The molecule has 2 N–H and O–H groups in total. The fraction of sp³-hybridized carbons (Fsp3) is 0.250. The maximum atomic E-state index is 13.1. The summed E-state index contributed by atoms with van der Waals surface area (Å²) in [6.45, 7) is 2.79. The van der Waals surface area contributed by atoms with Crippen molar-refractivity contribution in [2.45, 2.75) is 42.8 Å². The number of imide groups is 1. The SMILES string of the molecule is CCCCCOc1ccc(N2C(=O)C[C@H](Sc3cccc(NC(=O)Nc4ccccc4)c3)C2=O)cc1. The molecule has 1 aliphatic rings. The van der Waals surface area contributed by atoms with E-state index < -0.39 is 5.25 Å². The van der Waals surface area contributed by atoms with E-state index in [1.807, 2.05) is 24.3 Å². The highest BCUT2D eigenvalue weighted by Crippen LogP contribution is 2.35. The van der Waals surface area contributed by atoms with Gasteiger partial charge in [0.25, 0.3) is 0 Å². The minimum atomic E-state index is -0.532. The summed E-state index contributed by atoms with van der Waals surface area (Å²) in [7, 11) is 0. The van der Waals surface area contributed by atoms with E-state index in [1.54, 1.807) is 54.6 Å². The minimum Gasteiger partial charge on any atom is -0.494 e. The lowest BCUT2D eigenvalue weighted by atomic mass is 10.2. The molecule has 0 aliphatic carbocycles. The molecule has 3 aromatic carbocycles. The zero-order chi connectivity index (χ0) is 25.3. The van der Waals surface area contributed by atoms with Crippen molar-refractivity contribution in [2.75, 3.05) is 22.1 Å². The summed E-state index contributed by atoms with van der Waals surface area (Å²) in [5.41, 5.74) is 1.82. The van der Waals surface area contributed by atoms with Crippen molar-refractivity contribution in [3.8, 4) is 5.75 Å². The van der Waals surface area contributed by atoms with Crippen molar-refractivity contribution in [1.29, 1.82) is 0 Å². The Hall–Kier alpha value is -3.78. The van der Waals surface area contributed by atoms with Gasteiger partial charge in [-0.1, -0.05) is 44.0 Å². The average molecular weight is 504 g/mol. The number of carbonyl (C=O) groups is 3. The van der Waals surface area contributed by atoms with E-state index in [2.05, 4.69) is 17.6 Å². The molecule has 0 spiro atoms. The van der Waals surface area contributed by atoms with Crippen LogP contribution < -0.4 is 20.3 Å². The maximum absolute atomic E-state index is 13.1. The number of nitrogens with one attached hydrogen (secondary N) is 2. The van der Waals surface area contributed by atoms with Gasteiger partial charge in [-0.05, 0) is 61.0 Å². The molecule has 0 radical (unpaired) electrons. The summed E-state index contributed by atoms with van der Waals surface area (Å²) in [5, 5.41) is 5.04. The lowest BCUT2D eigenvalue weighted by Gasteiger charge is -2.16. The molecular weight excluding hydrogens is 474 g/mol. The van der Waals surface area contributed by atoms with E-state index >= 15 is 0 Å². The van der Waals surface area contributed by atoms with Crippen LogP contribution in [0.4, 0.5) is 21.9 Å². The van der Waals surface area contributed by atoms with Crippen molar-refractivity contribution in [2.24, 2.45) is 0 Å². The van der Waals surface area contributed by atoms with E-state index in [0.29, 0.717) is 23.7 Å². The number of urea groups is 1. The Morgan fingerprint density at radius 2 is 1.67 bits per heavy atom. The summed E-state index contributed by atoms with van der Waals surface area (Å²) >= 11 is 1.32. The summed E-state index contributed by atoms with van der Waals surface area (Å²) in [5.74, 6) is 0.243. The summed E-state index contributed by atoms with van der Waals surface area (Å²) in [6, 6.07) is 23.1. The standard InChI is InChI=1S/C28H29N3O4S/c1-2-3-7-17-35-23-15-13-22(14-16-23)31-26(32)19-25(27(31)33)36-24-12-8-11-21(18-24)30-28(34)29-20-9-5-4-6-10-20/h4-6,8-16,18,25H,2-3,7,17,19H2,1H3,(H2,29,30,34)/t25-/m0/s1. The lowest BCUT2D eigenvalue weighted by Crippen LogP contribution is -2.31. The van der Waals surface area contributed by atoms with Gasteiger partial charge in [0.1, 0.15) is 5.75 Å². The topological polar surface area (TPSA) is 87.7 Å². The molecule has 1 aliphatic heterocycles. The monoisotopic (exact) mass is 503 g/mol. The maximum Gasteiger partial charge on any atom is 0.323 e. The third-order valence-corrected chi connectivity index (χ3v) is 6.80. The van der Waals surface area contributed by atoms with Crippen molar-refractivity contribution < 1.29 is 19.1 Å². The van der Waals surface area contributed by atoms with Crippen LogP contribution in [0.15, 0.2) is 83.8 Å². The molecule has 0 aromatic heterocycles. The largest absolute Gasteiger partial charge is 0.494 e. The third kappa shape index (κ3) is 6.66. The molecule has 0 saturated carbocycles. The number of thioether (sulfide) groups is 1. The zero-order valence-electron chi connectivity index (χ0n) is 20.1. The van der Waals surface area contributed by atoms with Crippen molar-refractivity contribution in [3.63, 3.8) is 0 Å². The first-order valence-corrected chi connectivity index (χ1v) is 12.9. The van der Waals surface area contributed by atoms with Crippen LogP contribution in [0.2, 0.25) is 0 Å². The molecule has 8 heteroatoms. The highest BCUT2D eigenvalue weighted by molar-refractivity contribution is 8.00. The number of unbranched alkanes of at least 4 members (excludes halogenated alkanes) is 2. The second-order valence-electron chi connectivity index (χ2n) is 8.40. The summed E-state index contributed by atoms with van der Waals surface area (Å²) in [6.07, 6.45) is 3.36. The molecule has 1 heterocycles. The highest BCUT2D eigenvalue weighted by atomic mass is 32.2. The van der Waals surface area contributed by atoms with Crippen LogP contribution in [0.1, 0.15) is 32.6 Å². The first-order chi connectivity index (χ1) is 17.5. The number of rotatable bonds is 10. The minimum absolute atomic E-state index is 0.116. The molecule has 0 unspecified atom stereocenters. The van der Waals surface area contributed by atoms with Gasteiger partial charge in [0, 0.05) is 22.7 Å². The molecule has 7 nitrogen and oxygen atoms in total. The Bertz CT molecular complexity index is 1200. The first kappa shape index (κ1) is 25.3. The van der Waals surface area contributed by atoms with E-state index in [9.17, 15) is 14.4 Å². The number of nitrogens with zero attached hydrogens (tertiary/aromatic N) is 1. The Morgan fingerprint density at radius 1 is 0.944 bits per heavy atom. The molecule has 1 fully saturated rings. The Morgan fingerprint density at radius 3 is 2.42 bits per heavy atom. The fourth-order valence-corrected chi connectivity index (χ4v) is 4.94. The number of hydrogen-bond donors (Lipinski definition) is 2. The molecule has 1 saturated heterocycles.